The Hall–Kier alpha value is -2.85. The van der Waals surface area contributed by atoms with Crippen LogP contribution in [-0.2, 0) is 11.8 Å². The van der Waals surface area contributed by atoms with Crippen LogP contribution < -0.4 is 15.4 Å². The fourth-order valence-corrected chi connectivity index (χ4v) is 3.88. The van der Waals surface area contributed by atoms with E-state index in [0.717, 1.165) is 7.11 Å². The lowest BCUT2D eigenvalue weighted by molar-refractivity contribution is -0.207. The van der Waals surface area contributed by atoms with Crippen molar-refractivity contribution >= 4 is 11.7 Å². The molecule has 0 saturated carbocycles. The van der Waals surface area contributed by atoms with Gasteiger partial charge in [0.1, 0.15) is 17.7 Å². The Morgan fingerprint density at radius 3 is 2.42 bits per heavy atom. The predicted octanol–water partition coefficient (Wildman–Crippen LogP) is 4.51. The number of alkyl halides is 3. The lowest BCUT2D eigenvalue weighted by Crippen LogP contribution is -2.40. The van der Waals surface area contributed by atoms with Crippen LogP contribution in [0.25, 0.3) is 0 Å². The van der Waals surface area contributed by atoms with E-state index in [-0.39, 0.29) is 23.4 Å². The number of hydrogen-bond donors (Lipinski definition) is 4. The summed E-state index contributed by atoms with van der Waals surface area (Å²) in [6, 6.07) is 5.34. The van der Waals surface area contributed by atoms with E-state index in [2.05, 4.69) is 10.6 Å². The van der Waals surface area contributed by atoms with Crippen LogP contribution in [0.15, 0.2) is 30.3 Å². The summed E-state index contributed by atoms with van der Waals surface area (Å²) in [5, 5.41) is 25.3. The number of hydrogen-bond acceptors (Lipinski definition) is 4. The number of amides is 2. The molecule has 0 saturated heterocycles. The first-order valence-electron chi connectivity index (χ1n) is 10.2. The molecule has 0 spiro atoms. The van der Waals surface area contributed by atoms with Gasteiger partial charge in [-0.15, -0.1) is 0 Å². The third kappa shape index (κ3) is 5.06. The average molecular weight is 470 g/mol. The molecule has 3 atom stereocenters. The number of urea groups is 1. The minimum atomic E-state index is -4.95. The number of carbonyl (C=O) groups excluding carboxylic acids is 1. The highest BCUT2D eigenvalue weighted by atomic mass is 19.4. The molecule has 4 N–H and O–H groups in total. The molecular weight excluding hydrogens is 444 g/mol. The number of methoxy groups -OCH3 is 1. The van der Waals surface area contributed by atoms with Crippen molar-refractivity contribution in [1.29, 1.82) is 0 Å². The third-order valence-electron chi connectivity index (χ3n) is 5.62. The first kappa shape index (κ1) is 24.8. The quantitative estimate of drug-likeness (QED) is 0.495. The van der Waals surface area contributed by atoms with Gasteiger partial charge in [0.15, 0.2) is 6.10 Å². The van der Waals surface area contributed by atoms with Gasteiger partial charge in [-0.1, -0.05) is 32.9 Å². The van der Waals surface area contributed by atoms with Crippen molar-refractivity contribution in [2.24, 2.45) is 0 Å². The summed E-state index contributed by atoms with van der Waals surface area (Å²) in [7, 11) is 1.13. The van der Waals surface area contributed by atoms with Crippen molar-refractivity contribution < 1.29 is 37.3 Å². The van der Waals surface area contributed by atoms with Crippen molar-refractivity contribution in [1.82, 2.24) is 5.32 Å². The minimum absolute atomic E-state index is 0.0862. The smallest absolute Gasteiger partial charge is 0.418 e. The Morgan fingerprint density at radius 1 is 1.21 bits per heavy atom. The van der Waals surface area contributed by atoms with Crippen LogP contribution in [0.4, 0.5) is 28.0 Å². The fourth-order valence-electron chi connectivity index (χ4n) is 3.88. The molecule has 1 aliphatic carbocycles. The number of nitrogens with one attached hydrogen (secondary N) is 2. The molecule has 3 rings (SSSR count). The summed E-state index contributed by atoms with van der Waals surface area (Å²) >= 11 is 0. The number of fused-ring (bicyclic) bond motifs is 1. The van der Waals surface area contributed by atoms with Crippen molar-refractivity contribution in [3.8, 4) is 5.75 Å². The van der Waals surface area contributed by atoms with Gasteiger partial charge in [-0.2, -0.15) is 13.2 Å². The van der Waals surface area contributed by atoms with Gasteiger partial charge in [0.05, 0.1) is 18.8 Å². The van der Waals surface area contributed by atoms with Gasteiger partial charge in [0.25, 0.3) is 0 Å². The van der Waals surface area contributed by atoms with Crippen LogP contribution in [0, 0.1) is 5.82 Å². The standard InChI is InChI=1S/C23H26F4N2O4/c1-22(2,3)12-9-13(20(31)23(25,26)27)19(33-4)16(10-12)29-21(32)28-15-8-11-6-5-7-14(24)17(11)18(15)30/h5-7,9-10,15,18,20,30-31H,8H2,1-4H3,(H2,28,29,32)/t15-,18-,20-/m1/s1. The molecule has 0 radical (unpaired) electrons. The van der Waals surface area contributed by atoms with E-state index in [1.807, 2.05) is 0 Å². The molecule has 0 unspecified atom stereocenters. The van der Waals surface area contributed by atoms with Gasteiger partial charge in [0.2, 0.25) is 0 Å². The summed E-state index contributed by atoms with van der Waals surface area (Å²) in [6.45, 7) is 5.30. The van der Waals surface area contributed by atoms with Crippen LogP contribution >= 0.6 is 0 Å². The normalized spacial score (nSPS) is 19.1. The van der Waals surface area contributed by atoms with Crippen molar-refractivity contribution in [3.63, 3.8) is 0 Å². The summed E-state index contributed by atoms with van der Waals surface area (Å²) in [6.07, 6.45) is -8.88. The van der Waals surface area contributed by atoms with E-state index in [0.29, 0.717) is 11.1 Å². The van der Waals surface area contributed by atoms with Crippen LogP contribution in [0.1, 0.15) is 55.2 Å². The number of benzene rings is 2. The van der Waals surface area contributed by atoms with Crippen molar-refractivity contribution in [2.75, 3.05) is 12.4 Å². The second-order valence-electron chi connectivity index (χ2n) is 9.01. The molecule has 2 aromatic rings. The molecular formula is C23H26F4N2O4. The van der Waals surface area contributed by atoms with E-state index in [9.17, 15) is 32.6 Å². The number of aliphatic hydroxyl groups is 2. The Balaban J connectivity index is 1.91. The van der Waals surface area contributed by atoms with Gasteiger partial charge in [0, 0.05) is 11.1 Å². The molecule has 1 aliphatic rings. The number of halogens is 4. The van der Waals surface area contributed by atoms with Gasteiger partial charge >= 0.3 is 12.2 Å². The zero-order valence-electron chi connectivity index (χ0n) is 18.5. The minimum Gasteiger partial charge on any atom is -0.494 e. The molecule has 0 bridgehead atoms. The largest absolute Gasteiger partial charge is 0.494 e. The molecule has 6 nitrogen and oxygen atoms in total. The van der Waals surface area contributed by atoms with Crippen LogP contribution in [-0.4, -0.2) is 35.6 Å². The second kappa shape index (κ2) is 8.83. The third-order valence-corrected chi connectivity index (χ3v) is 5.62. The zero-order chi connectivity index (χ0) is 24.7. The zero-order valence-corrected chi connectivity index (χ0v) is 18.5. The Bertz CT molecular complexity index is 1050. The summed E-state index contributed by atoms with van der Waals surface area (Å²) in [5.74, 6) is -0.931. The van der Waals surface area contributed by atoms with E-state index < -0.39 is 47.3 Å². The Kier molecular flexibility index (Phi) is 6.63. The molecule has 33 heavy (non-hydrogen) atoms. The Morgan fingerprint density at radius 2 is 1.88 bits per heavy atom. The number of carbonyl (C=O) groups is 1. The highest BCUT2D eigenvalue weighted by Crippen LogP contribution is 2.43. The topological polar surface area (TPSA) is 90.8 Å². The summed E-state index contributed by atoms with van der Waals surface area (Å²) in [5.41, 5.74) is -0.159. The van der Waals surface area contributed by atoms with Crippen LogP contribution in [0.2, 0.25) is 0 Å². The summed E-state index contributed by atoms with van der Waals surface area (Å²) in [4.78, 5) is 12.7. The maximum atomic E-state index is 14.0. The number of ether oxygens (including phenoxy) is 1. The maximum Gasteiger partial charge on any atom is 0.418 e. The van der Waals surface area contributed by atoms with Gasteiger partial charge in [-0.25, -0.2) is 9.18 Å². The molecule has 0 heterocycles. The molecule has 0 aromatic heterocycles. The lowest BCUT2D eigenvalue weighted by Gasteiger charge is -2.26. The molecule has 2 amide bonds. The van der Waals surface area contributed by atoms with Crippen molar-refractivity contribution in [3.05, 3.63) is 58.4 Å². The molecule has 10 heteroatoms. The first-order valence-corrected chi connectivity index (χ1v) is 10.2. The fraction of sp³-hybridized carbons (Fsp3) is 0.435. The monoisotopic (exact) mass is 470 g/mol. The molecule has 2 aromatic carbocycles. The van der Waals surface area contributed by atoms with Crippen molar-refractivity contribution in [2.45, 2.75) is 57.0 Å². The number of aliphatic hydroxyl groups excluding tert-OH is 2. The van der Waals surface area contributed by atoms with E-state index in [1.165, 1.54) is 24.3 Å². The van der Waals surface area contributed by atoms with Crippen LogP contribution in [0.5, 0.6) is 5.75 Å². The SMILES string of the molecule is COc1c(NC(=O)N[C@@H]2Cc3cccc(F)c3[C@@H]2O)cc(C(C)(C)C)cc1[C@@H](O)C(F)(F)F. The molecule has 180 valence electrons. The van der Waals surface area contributed by atoms with Gasteiger partial charge in [-0.05, 0) is 41.2 Å². The average Bonchev–Trinajstić information content (AvgIpc) is 3.01. The maximum absolute atomic E-state index is 14.0. The lowest BCUT2D eigenvalue weighted by atomic mass is 9.84. The van der Waals surface area contributed by atoms with Crippen LogP contribution in [0.3, 0.4) is 0 Å². The number of anilines is 1. The predicted molar refractivity (Wildman–Crippen MR) is 114 cm³/mol. The second-order valence-corrected chi connectivity index (χ2v) is 9.01. The summed E-state index contributed by atoms with van der Waals surface area (Å²) < 4.78 is 59.0. The highest BCUT2D eigenvalue weighted by Gasteiger charge is 2.42. The molecule has 0 fully saturated rings. The van der Waals surface area contributed by atoms with Gasteiger partial charge in [-0.3, -0.25) is 0 Å². The number of rotatable bonds is 4. The first-order chi connectivity index (χ1) is 15.2. The van der Waals surface area contributed by atoms with Gasteiger partial charge < -0.3 is 25.6 Å². The highest BCUT2D eigenvalue weighted by molar-refractivity contribution is 5.92. The van der Waals surface area contributed by atoms with E-state index in [1.54, 1.807) is 26.8 Å². The van der Waals surface area contributed by atoms with E-state index in [4.69, 9.17) is 4.74 Å². The Labute approximate surface area is 188 Å². The van der Waals surface area contributed by atoms with E-state index >= 15 is 0 Å². The molecule has 0 aliphatic heterocycles.